The fraction of sp³-hybridized carbons (Fsp3) is 0.304. The molecule has 6 heteroatoms. The first-order valence-electron chi connectivity index (χ1n) is 9.67. The molecule has 1 aliphatic rings. The molecule has 0 aliphatic carbocycles. The van der Waals surface area contributed by atoms with Crippen LogP contribution in [-0.2, 0) is 9.59 Å². The first-order chi connectivity index (χ1) is 14.0. The summed E-state index contributed by atoms with van der Waals surface area (Å²) in [6.07, 6.45) is 0.675. The second-order valence-corrected chi connectivity index (χ2v) is 7.00. The van der Waals surface area contributed by atoms with E-state index in [0.29, 0.717) is 29.8 Å². The molecular weight excluding hydrogens is 370 g/mol. The van der Waals surface area contributed by atoms with Crippen molar-refractivity contribution in [1.29, 1.82) is 0 Å². The van der Waals surface area contributed by atoms with Gasteiger partial charge in [-0.05, 0) is 31.0 Å². The first kappa shape index (κ1) is 20.6. The van der Waals surface area contributed by atoms with Crippen LogP contribution in [-0.4, -0.2) is 46.6 Å². The van der Waals surface area contributed by atoms with E-state index in [-0.39, 0.29) is 24.5 Å². The third-order valence-electron chi connectivity index (χ3n) is 4.86. The summed E-state index contributed by atoms with van der Waals surface area (Å²) in [7, 11) is 0. The standard InChI is InChI=1S/C23H25NO5/c1-3-11-24-20(17-5-4-6-18(14-17)29-13-12-25)19(22(27)23(24)28)21(26)16-9-7-15(2)8-10-16/h4-10,14,20,25-26H,3,11-13H2,1-2H3/b21-19-. The molecule has 3 rings (SSSR count). The minimum Gasteiger partial charge on any atom is -0.507 e. The van der Waals surface area contributed by atoms with Crippen LogP contribution in [0.25, 0.3) is 5.76 Å². The van der Waals surface area contributed by atoms with Crippen molar-refractivity contribution in [2.45, 2.75) is 26.3 Å². The molecular formula is C23H25NO5. The van der Waals surface area contributed by atoms with Gasteiger partial charge in [-0.3, -0.25) is 9.59 Å². The number of ketones is 1. The largest absolute Gasteiger partial charge is 0.507 e. The van der Waals surface area contributed by atoms with E-state index in [4.69, 9.17) is 9.84 Å². The van der Waals surface area contributed by atoms with Crippen LogP contribution in [0.2, 0.25) is 0 Å². The predicted molar refractivity (Wildman–Crippen MR) is 110 cm³/mol. The van der Waals surface area contributed by atoms with Gasteiger partial charge in [0.2, 0.25) is 0 Å². The third-order valence-corrected chi connectivity index (χ3v) is 4.86. The number of hydrogen-bond donors (Lipinski definition) is 2. The van der Waals surface area contributed by atoms with Crippen molar-refractivity contribution in [3.05, 3.63) is 70.8 Å². The van der Waals surface area contributed by atoms with Crippen molar-refractivity contribution in [2.75, 3.05) is 19.8 Å². The van der Waals surface area contributed by atoms with Crippen LogP contribution in [0.5, 0.6) is 5.75 Å². The van der Waals surface area contributed by atoms with E-state index >= 15 is 0 Å². The fourth-order valence-corrected chi connectivity index (χ4v) is 3.50. The van der Waals surface area contributed by atoms with Gasteiger partial charge in [0.05, 0.1) is 18.2 Å². The molecule has 152 valence electrons. The van der Waals surface area contributed by atoms with Gasteiger partial charge in [-0.25, -0.2) is 0 Å². The Balaban J connectivity index is 2.12. The number of amides is 1. The van der Waals surface area contributed by atoms with Gasteiger partial charge in [0.25, 0.3) is 11.7 Å². The van der Waals surface area contributed by atoms with Crippen LogP contribution < -0.4 is 4.74 Å². The molecule has 0 spiro atoms. The molecule has 2 aromatic rings. The number of rotatable bonds is 7. The SMILES string of the molecule is CCCN1C(=O)C(=O)/C(=C(\O)c2ccc(C)cc2)C1c1cccc(OCCO)c1. The summed E-state index contributed by atoms with van der Waals surface area (Å²) >= 11 is 0. The van der Waals surface area contributed by atoms with Gasteiger partial charge in [0, 0.05) is 12.1 Å². The van der Waals surface area contributed by atoms with Crippen LogP contribution in [0.3, 0.4) is 0 Å². The Morgan fingerprint density at radius 1 is 1.14 bits per heavy atom. The zero-order valence-electron chi connectivity index (χ0n) is 16.6. The fourth-order valence-electron chi connectivity index (χ4n) is 3.50. The van der Waals surface area contributed by atoms with Crippen molar-refractivity contribution >= 4 is 17.4 Å². The quantitative estimate of drug-likeness (QED) is 0.427. The Kier molecular flexibility index (Phi) is 6.34. The lowest BCUT2D eigenvalue weighted by Crippen LogP contribution is -2.30. The number of likely N-dealkylation sites (tertiary alicyclic amines) is 1. The molecule has 1 unspecified atom stereocenters. The number of aliphatic hydroxyl groups is 2. The number of aliphatic hydroxyl groups excluding tert-OH is 2. The molecule has 1 aliphatic heterocycles. The predicted octanol–water partition coefficient (Wildman–Crippen LogP) is 3.20. The molecule has 0 saturated carbocycles. The van der Waals surface area contributed by atoms with E-state index in [1.54, 1.807) is 36.4 Å². The lowest BCUT2D eigenvalue weighted by atomic mass is 9.95. The maximum atomic E-state index is 12.8. The van der Waals surface area contributed by atoms with Crippen LogP contribution in [0.1, 0.15) is 36.1 Å². The van der Waals surface area contributed by atoms with Crippen molar-refractivity contribution in [2.24, 2.45) is 0 Å². The zero-order chi connectivity index (χ0) is 21.0. The van der Waals surface area contributed by atoms with Crippen LogP contribution in [0.4, 0.5) is 0 Å². The van der Waals surface area contributed by atoms with Gasteiger partial charge in [-0.1, -0.05) is 48.9 Å². The Morgan fingerprint density at radius 3 is 2.52 bits per heavy atom. The number of benzene rings is 2. The van der Waals surface area contributed by atoms with E-state index in [1.807, 2.05) is 26.0 Å². The van der Waals surface area contributed by atoms with Gasteiger partial charge < -0.3 is 19.8 Å². The topological polar surface area (TPSA) is 87.1 Å². The molecule has 1 saturated heterocycles. The van der Waals surface area contributed by atoms with Gasteiger partial charge in [-0.15, -0.1) is 0 Å². The molecule has 0 bridgehead atoms. The summed E-state index contributed by atoms with van der Waals surface area (Å²) in [5.41, 5.74) is 2.26. The van der Waals surface area contributed by atoms with Crippen molar-refractivity contribution in [3.63, 3.8) is 0 Å². The summed E-state index contributed by atoms with van der Waals surface area (Å²) in [6, 6.07) is 13.5. The van der Waals surface area contributed by atoms with Crippen LogP contribution in [0, 0.1) is 6.92 Å². The van der Waals surface area contributed by atoms with Gasteiger partial charge in [0.15, 0.2) is 0 Å². The Morgan fingerprint density at radius 2 is 1.86 bits per heavy atom. The smallest absolute Gasteiger partial charge is 0.295 e. The number of carbonyl (C=O) groups excluding carboxylic acids is 2. The highest BCUT2D eigenvalue weighted by Gasteiger charge is 2.45. The number of aryl methyl sites for hydroxylation is 1. The van der Waals surface area contributed by atoms with Gasteiger partial charge >= 0.3 is 0 Å². The van der Waals surface area contributed by atoms with Crippen LogP contribution in [0.15, 0.2) is 54.1 Å². The molecule has 0 aromatic heterocycles. The van der Waals surface area contributed by atoms with Gasteiger partial charge in [0.1, 0.15) is 18.1 Å². The van der Waals surface area contributed by atoms with Crippen LogP contribution >= 0.6 is 0 Å². The van der Waals surface area contributed by atoms with E-state index in [9.17, 15) is 14.7 Å². The highest BCUT2D eigenvalue weighted by atomic mass is 16.5. The molecule has 6 nitrogen and oxygen atoms in total. The van der Waals surface area contributed by atoms with E-state index in [0.717, 1.165) is 5.56 Å². The van der Waals surface area contributed by atoms with E-state index < -0.39 is 17.7 Å². The molecule has 2 N–H and O–H groups in total. The lowest BCUT2D eigenvalue weighted by molar-refractivity contribution is -0.139. The normalized spacial score (nSPS) is 18.3. The Hall–Kier alpha value is -3.12. The van der Waals surface area contributed by atoms with Crippen molar-refractivity contribution in [3.8, 4) is 5.75 Å². The molecule has 0 radical (unpaired) electrons. The van der Waals surface area contributed by atoms with Crippen molar-refractivity contribution < 1.29 is 24.5 Å². The zero-order valence-corrected chi connectivity index (χ0v) is 16.6. The van der Waals surface area contributed by atoms with Crippen molar-refractivity contribution in [1.82, 2.24) is 4.90 Å². The second kappa shape index (κ2) is 8.92. The molecule has 1 atom stereocenters. The summed E-state index contributed by atoms with van der Waals surface area (Å²) in [5.74, 6) is -0.974. The Labute approximate surface area is 170 Å². The number of Topliss-reactive ketones (excluding diaryl/α,β-unsaturated/α-hetero) is 1. The van der Waals surface area contributed by atoms with Gasteiger partial charge in [-0.2, -0.15) is 0 Å². The third kappa shape index (κ3) is 4.17. The number of carbonyl (C=O) groups is 2. The monoisotopic (exact) mass is 395 g/mol. The number of nitrogens with zero attached hydrogens (tertiary/aromatic N) is 1. The summed E-state index contributed by atoms with van der Waals surface area (Å²) < 4.78 is 5.48. The molecule has 29 heavy (non-hydrogen) atoms. The average molecular weight is 395 g/mol. The number of hydrogen-bond acceptors (Lipinski definition) is 5. The molecule has 1 heterocycles. The minimum atomic E-state index is -0.700. The summed E-state index contributed by atoms with van der Waals surface area (Å²) in [4.78, 5) is 27.0. The lowest BCUT2D eigenvalue weighted by Gasteiger charge is -2.25. The minimum absolute atomic E-state index is 0.0756. The highest BCUT2D eigenvalue weighted by Crippen LogP contribution is 2.40. The van der Waals surface area contributed by atoms with E-state index in [2.05, 4.69) is 0 Å². The second-order valence-electron chi connectivity index (χ2n) is 7.00. The Bertz CT molecular complexity index is 933. The molecule has 1 fully saturated rings. The first-order valence-corrected chi connectivity index (χ1v) is 9.67. The van der Waals surface area contributed by atoms with E-state index in [1.165, 1.54) is 4.90 Å². The highest BCUT2D eigenvalue weighted by molar-refractivity contribution is 6.46. The summed E-state index contributed by atoms with van der Waals surface area (Å²) in [5, 5.41) is 19.9. The number of ether oxygens (including phenoxy) is 1. The molecule has 1 amide bonds. The molecule has 2 aromatic carbocycles. The maximum Gasteiger partial charge on any atom is 0.295 e. The average Bonchev–Trinajstić information content (AvgIpc) is 2.98. The maximum absolute atomic E-state index is 12.8. The summed E-state index contributed by atoms with van der Waals surface area (Å²) in [6.45, 7) is 4.27.